The van der Waals surface area contributed by atoms with Crippen LogP contribution in [0.25, 0.3) is 0 Å². The number of nitrogens with zero attached hydrogens (tertiary/aromatic N) is 3. The minimum absolute atomic E-state index is 0.0191. The number of carbonyl (C=O) groups excluding carboxylic acids is 2. The third kappa shape index (κ3) is 2.72. The zero-order valence-electron chi connectivity index (χ0n) is 12.9. The molecular formula is C15H23N5O2. The van der Waals surface area contributed by atoms with E-state index in [0.29, 0.717) is 19.0 Å². The van der Waals surface area contributed by atoms with Crippen molar-refractivity contribution in [3.63, 3.8) is 0 Å². The van der Waals surface area contributed by atoms with Crippen molar-refractivity contribution in [3.8, 4) is 0 Å². The lowest BCUT2D eigenvalue weighted by Gasteiger charge is -2.39. The summed E-state index contributed by atoms with van der Waals surface area (Å²) in [5.74, 6) is 0.381. The van der Waals surface area contributed by atoms with Crippen molar-refractivity contribution in [1.82, 2.24) is 15.1 Å². The van der Waals surface area contributed by atoms with Crippen LogP contribution in [0.15, 0.2) is 12.4 Å². The molecule has 1 aromatic rings. The van der Waals surface area contributed by atoms with Crippen LogP contribution in [-0.4, -0.2) is 52.6 Å². The second kappa shape index (κ2) is 6.08. The normalized spacial score (nSPS) is 29.2. The number of aromatic nitrogens is 2. The van der Waals surface area contributed by atoms with Crippen LogP contribution in [0.1, 0.15) is 26.2 Å². The van der Waals surface area contributed by atoms with Crippen molar-refractivity contribution in [2.45, 2.75) is 32.2 Å². The smallest absolute Gasteiger partial charge is 0.228 e. The lowest BCUT2D eigenvalue weighted by Crippen LogP contribution is -2.51. The Morgan fingerprint density at radius 3 is 3.05 bits per heavy atom. The van der Waals surface area contributed by atoms with Gasteiger partial charge in [-0.15, -0.1) is 0 Å². The number of anilines is 1. The summed E-state index contributed by atoms with van der Waals surface area (Å²) in [5, 5.41) is 6.56. The van der Waals surface area contributed by atoms with Crippen LogP contribution in [0.4, 0.5) is 5.69 Å². The van der Waals surface area contributed by atoms with E-state index in [1.807, 2.05) is 4.90 Å². The van der Waals surface area contributed by atoms with Gasteiger partial charge in [0.25, 0.3) is 0 Å². The minimum Gasteiger partial charge on any atom is -0.338 e. The number of carbonyl (C=O) groups is 2. The third-order valence-electron chi connectivity index (χ3n) is 4.80. The zero-order chi connectivity index (χ0) is 15.7. The first-order valence-corrected chi connectivity index (χ1v) is 7.89. The number of rotatable bonds is 3. The molecule has 0 spiro atoms. The number of aromatic amines is 1. The number of H-pyrrole nitrogens is 1. The van der Waals surface area contributed by atoms with Crippen molar-refractivity contribution >= 4 is 17.5 Å². The maximum Gasteiger partial charge on any atom is 0.228 e. The number of likely N-dealkylation sites (tertiary alicyclic amines) is 1. The van der Waals surface area contributed by atoms with E-state index < -0.39 is 0 Å². The number of amides is 2. The molecule has 0 radical (unpaired) electrons. The van der Waals surface area contributed by atoms with E-state index in [2.05, 4.69) is 17.1 Å². The minimum atomic E-state index is -0.273. The number of hydrogen-bond acceptors (Lipinski definition) is 4. The number of nitrogens with two attached hydrogens (primary N) is 1. The van der Waals surface area contributed by atoms with Gasteiger partial charge in [0.2, 0.25) is 11.8 Å². The Balaban J connectivity index is 1.69. The topological polar surface area (TPSA) is 95.3 Å². The van der Waals surface area contributed by atoms with Crippen molar-refractivity contribution < 1.29 is 9.59 Å². The van der Waals surface area contributed by atoms with E-state index in [4.69, 9.17) is 5.73 Å². The van der Waals surface area contributed by atoms with Gasteiger partial charge in [-0.25, -0.2) is 0 Å². The van der Waals surface area contributed by atoms with E-state index in [1.165, 1.54) is 0 Å². The Bertz CT molecular complexity index is 544. The van der Waals surface area contributed by atoms with E-state index in [0.717, 1.165) is 25.1 Å². The highest BCUT2D eigenvalue weighted by molar-refractivity contribution is 6.00. The second-order valence-electron chi connectivity index (χ2n) is 6.41. The molecule has 2 amide bonds. The van der Waals surface area contributed by atoms with E-state index in [-0.39, 0.29) is 30.2 Å². The number of piperidine rings is 1. The molecule has 2 aliphatic rings. The monoisotopic (exact) mass is 305 g/mol. The molecule has 0 bridgehead atoms. The Labute approximate surface area is 129 Å². The van der Waals surface area contributed by atoms with Gasteiger partial charge in [0.05, 0.1) is 17.8 Å². The van der Waals surface area contributed by atoms with Gasteiger partial charge in [-0.05, 0) is 18.8 Å². The van der Waals surface area contributed by atoms with Gasteiger partial charge >= 0.3 is 0 Å². The molecule has 0 saturated carbocycles. The van der Waals surface area contributed by atoms with Crippen LogP contribution in [-0.2, 0) is 9.59 Å². The summed E-state index contributed by atoms with van der Waals surface area (Å²) < 4.78 is 0. The van der Waals surface area contributed by atoms with Gasteiger partial charge in [-0.3, -0.25) is 14.7 Å². The Hall–Kier alpha value is -1.89. The highest BCUT2D eigenvalue weighted by Crippen LogP contribution is 2.29. The molecule has 2 aliphatic heterocycles. The summed E-state index contributed by atoms with van der Waals surface area (Å²) in [4.78, 5) is 28.5. The zero-order valence-corrected chi connectivity index (χ0v) is 12.9. The van der Waals surface area contributed by atoms with Crippen LogP contribution in [0.2, 0.25) is 0 Å². The standard InChI is InChI=1S/C15H23N5O2/c1-10-2-3-19(12(4-10)6-16)15(22)11-5-14(21)20(9-11)13-7-17-18-8-13/h7-8,10-12H,2-6,9,16H2,1H3,(H,17,18). The summed E-state index contributed by atoms with van der Waals surface area (Å²) in [6.07, 6.45) is 5.52. The van der Waals surface area contributed by atoms with Crippen LogP contribution >= 0.6 is 0 Å². The molecule has 2 saturated heterocycles. The van der Waals surface area contributed by atoms with Crippen LogP contribution in [0.5, 0.6) is 0 Å². The van der Waals surface area contributed by atoms with Gasteiger partial charge in [-0.2, -0.15) is 5.10 Å². The van der Waals surface area contributed by atoms with Crippen molar-refractivity contribution in [3.05, 3.63) is 12.4 Å². The number of nitrogens with one attached hydrogen (secondary N) is 1. The summed E-state index contributed by atoms with van der Waals surface area (Å²) in [6, 6.07) is 0.106. The average Bonchev–Trinajstić information content (AvgIpc) is 3.15. The maximum absolute atomic E-state index is 12.8. The Morgan fingerprint density at radius 2 is 2.36 bits per heavy atom. The SMILES string of the molecule is CC1CCN(C(=O)C2CC(=O)N(c3cn[nH]c3)C2)C(CN)C1. The molecule has 3 rings (SSSR count). The van der Waals surface area contributed by atoms with Gasteiger partial charge in [0, 0.05) is 38.3 Å². The van der Waals surface area contributed by atoms with Gasteiger partial charge < -0.3 is 15.5 Å². The fourth-order valence-corrected chi connectivity index (χ4v) is 3.51. The molecule has 22 heavy (non-hydrogen) atoms. The van der Waals surface area contributed by atoms with E-state index >= 15 is 0 Å². The summed E-state index contributed by atoms with van der Waals surface area (Å²) in [6.45, 7) is 3.87. The molecule has 120 valence electrons. The number of hydrogen-bond donors (Lipinski definition) is 2. The highest BCUT2D eigenvalue weighted by atomic mass is 16.2. The fraction of sp³-hybridized carbons (Fsp3) is 0.667. The molecule has 0 aliphatic carbocycles. The highest BCUT2D eigenvalue weighted by Gasteiger charge is 2.40. The average molecular weight is 305 g/mol. The molecule has 7 heteroatoms. The first kappa shape index (κ1) is 15.0. The predicted octanol–water partition coefficient (Wildman–Crippen LogP) is 0.348. The molecular weight excluding hydrogens is 282 g/mol. The van der Waals surface area contributed by atoms with Crippen LogP contribution < -0.4 is 10.6 Å². The molecule has 0 aromatic carbocycles. The largest absolute Gasteiger partial charge is 0.338 e. The summed E-state index contributed by atoms with van der Waals surface area (Å²) in [7, 11) is 0. The molecule has 3 N–H and O–H groups in total. The lowest BCUT2D eigenvalue weighted by atomic mass is 9.91. The van der Waals surface area contributed by atoms with Gasteiger partial charge in [0.1, 0.15) is 0 Å². The van der Waals surface area contributed by atoms with Crippen molar-refractivity contribution in [1.29, 1.82) is 0 Å². The maximum atomic E-state index is 12.8. The first-order valence-electron chi connectivity index (χ1n) is 7.89. The third-order valence-corrected chi connectivity index (χ3v) is 4.80. The van der Waals surface area contributed by atoms with Gasteiger partial charge in [-0.1, -0.05) is 6.92 Å². The summed E-state index contributed by atoms with van der Waals surface area (Å²) >= 11 is 0. The molecule has 1 aromatic heterocycles. The Kier molecular flexibility index (Phi) is 4.15. The van der Waals surface area contributed by atoms with Crippen LogP contribution in [0.3, 0.4) is 0 Å². The lowest BCUT2D eigenvalue weighted by molar-refractivity contribution is -0.139. The quantitative estimate of drug-likeness (QED) is 0.842. The molecule has 7 nitrogen and oxygen atoms in total. The molecule has 3 atom stereocenters. The van der Waals surface area contributed by atoms with E-state index in [9.17, 15) is 9.59 Å². The summed E-state index contributed by atoms with van der Waals surface area (Å²) in [5.41, 5.74) is 6.57. The molecule has 3 unspecified atom stereocenters. The van der Waals surface area contributed by atoms with Crippen molar-refractivity contribution in [2.75, 3.05) is 24.5 Å². The van der Waals surface area contributed by atoms with E-state index in [1.54, 1.807) is 17.3 Å². The van der Waals surface area contributed by atoms with Crippen LogP contribution in [0, 0.1) is 11.8 Å². The van der Waals surface area contributed by atoms with Gasteiger partial charge in [0.15, 0.2) is 0 Å². The first-order chi connectivity index (χ1) is 10.6. The van der Waals surface area contributed by atoms with Crippen molar-refractivity contribution in [2.24, 2.45) is 17.6 Å². The molecule has 2 fully saturated rings. The molecule has 3 heterocycles. The predicted molar refractivity (Wildman–Crippen MR) is 82.0 cm³/mol. The fourth-order valence-electron chi connectivity index (χ4n) is 3.51. The Morgan fingerprint density at radius 1 is 1.55 bits per heavy atom. The second-order valence-corrected chi connectivity index (χ2v) is 6.41.